The average Bonchev–Trinajstić information content (AvgIpc) is 2.40. The van der Waals surface area contributed by atoms with Crippen molar-refractivity contribution < 1.29 is 18.7 Å². The highest BCUT2D eigenvalue weighted by Gasteiger charge is 2.13. The highest BCUT2D eigenvalue weighted by molar-refractivity contribution is 9.10. The molecule has 0 spiro atoms. The van der Waals surface area contributed by atoms with Gasteiger partial charge in [-0.25, -0.2) is 14.2 Å². The van der Waals surface area contributed by atoms with Crippen molar-refractivity contribution in [3.8, 4) is 11.6 Å². The SMILES string of the molecule is COC(=O)c1nc(C)cc(Oc2ccc(F)cc2Br)n1. The minimum atomic E-state index is -0.656. The number of carbonyl (C=O) groups is 1. The minimum Gasteiger partial charge on any atom is -0.463 e. The zero-order valence-corrected chi connectivity index (χ0v) is 12.3. The molecule has 0 fully saturated rings. The van der Waals surface area contributed by atoms with Gasteiger partial charge < -0.3 is 9.47 Å². The third-order valence-electron chi connectivity index (χ3n) is 2.31. The largest absolute Gasteiger partial charge is 0.463 e. The van der Waals surface area contributed by atoms with E-state index in [0.717, 1.165) is 0 Å². The van der Waals surface area contributed by atoms with Gasteiger partial charge >= 0.3 is 5.97 Å². The van der Waals surface area contributed by atoms with E-state index in [4.69, 9.17) is 4.74 Å². The second-order valence-electron chi connectivity index (χ2n) is 3.84. The molecule has 1 aromatic carbocycles. The molecular formula is C13H10BrFN2O3. The summed E-state index contributed by atoms with van der Waals surface area (Å²) in [6.07, 6.45) is 0. The molecule has 0 aliphatic heterocycles. The lowest BCUT2D eigenvalue weighted by atomic mass is 10.3. The van der Waals surface area contributed by atoms with Crippen LogP contribution in [0, 0.1) is 12.7 Å². The van der Waals surface area contributed by atoms with Crippen LogP contribution in [0.1, 0.15) is 16.3 Å². The first-order valence-electron chi connectivity index (χ1n) is 5.56. The van der Waals surface area contributed by atoms with Crippen molar-refractivity contribution in [2.75, 3.05) is 7.11 Å². The topological polar surface area (TPSA) is 61.3 Å². The van der Waals surface area contributed by atoms with Crippen molar-refractivity contribution in [2.45, 2.75) is 6.92 Å². The van der Waals surface area contributed by atoms with Crippen LogP contribution in [0.3, 0.4) is 0 Å². The van der Waals surface area contributed by atoms with Gasteiger partial charge in [0.25, 0.3) is 0 Å². The minimum absolute atomic E-state index is 0.0965. The maximum absolute atomic E-state index is 13.0. The van der Waals surface area contributed by atoms with Crippen molar-refractivity contribution >= 4 is 21.9 Å². The summed E-state index contributed by atoms with van der Waals surface area (Å²) in [4.78, 5) is 19.3. The van der Waals surface area contributed by atoms with Gasteiger partial charge in [-0.1, -0.05) is 0 Å². The monoisotopic (exact) mass is 340 g/mol. The highest BCUT2D eigenvalue weighted by Crippen LogP contribution is 2.29. The van der Waals surface area contributed by atoms with Crippen LogP contribution in [0.25, 0.3) is 0 Å². The Labute approximate surface area is 122 Å². The third kappa shape index (κ3) is 3.30. The van der Waals surface area contributed by atoms with E-state index in [9.17, 15) is 9.18 Å². The number of rotatable bonds is 3. The summed E-state index contributed by atoms with van der Waals surface area (Å²) in [7, 11) is 1.24. The number of aromatic nitrogens is 2. The number of halogens is 2. The zero-order chi connectivity index (χ0) is 14.7. The molecule has 0 atom stereocenters. The highest BCUT2D eigenvalue weighted by atomic mass is 79.9. The van der Waals surface area contributed by atoms with Crippen molar-refractivity contribution in [2.24, 2.45) is 0 Å². The Hall–Kier alpha value is -2.02. The number of nitrogens with zero attached hydrogens (tertiary/aromatic N) is 2. The summed E-state index contributed by atoms with van der Waals surface area (Å²) in [6.45, 7) is 1.70. The van der Waals surface area contributed by atoms with Crippen LogP contribution < -0.4 is 4.74 Å². The van der Waals surface area contributed by atoms with Gasteiger partial charge in [0.15, 0.2) is 0 Å². The predicted molar refractivity (Wildman–Crippen MR) is 72.3 cm³/mol. The second-order valence-corrected chi connectivity index (χ2v) is 4.69. The fraction of sp³-hybridized carbons (Fsp3) is 0.154. The first-order chi connectivity index (χ1) is 9.49. The molecule has 2 aromatic rings. The molecule has 7 heteroatoms. The molecule has 0 aliphatic carbocycles. The van der Waals surface area contributed by atoms with Crippen molar-refractivity contribution in [1.29, 1.82) is 0 Å². The molecule has 0 aliphatic rings. The van der Waals surface area contributed by atoms with Crippen LogP contribution in [0.2, 0.25) is 0 Å². The number of benzene rings is 1. The van der Waals surface area contributed by atoms with Crippen molar-refractivity contribution in [1.82, 2.24) is 9.97 Å². The number of hydrogen-bond acceptors (Lipinski definition) is 5. The molecule has 1 heterocycles. The molecule has 0 saturated carbocycles. The molecular weight excluding hydrogens is 331 g/mol. The smallest absolute Gasteiger partial charge is 0.376 e. The van der Waals surface area contributed by atoms with E-state index in [0.29, 0.717) is 15.9 Å². The fourth-order valence-electron chi connectivity index (χ4n) is 1.45. The fourth-order valence-corrected chi connectivity index (χ4v) is 1.88. The number of carbonyl (C=O) groups excluding carboxylic acids is 1. The van der Waals surface area contributed by atoms with Gasteiger partial charge in [0.05, 0.1) is 11.6 Å². The van der Waals surface area contributed by atoms with Crippen molar-refractivity contribution in [3.63, 3.8) is 0 Å². The Morgan fingerprint density at radius 3 is 2.70 bits per heavy atom. The average molecular weight is 341 g/mol. The normalized spacial score (nSPS) is 10.2. The summed E-state index contributed by atoms with van der Waals surface area (Å²) in [5.74, 6) is -0.596. The maximum Gasteiger partial charge on any atom is 0.376 e. The molecule has 0 radical (unpaired) electrons. The van der Waals surface area contributed by atoms with Gasteiger partial charge in [0.2, 0.25) is 11.7 Å². The molecule has 2 rings (SSSR count). The molecule has 0 bridgehead atoms. The Bertz CT molecular complexity index is 664. The number of methoxy groups -OCH3 is 1. The zero-order valence-electron chi connectivity index (χ0n) is 10.7. The molecule has 5 nitrogen and oxygen atoms in total. The molecule has 0 N–H and O–H groups in total. The lowest BCUT2D eigenvalue weighted by Gasteiger charge is -2.08. The Kier molecular flexibility index (Phi) is 4.29. The van der Waals surface area contributed by atoms with E-state index in [1.165, 1.54) is 25.3 Å². The van der Waals surface area contributed by atoms with Crippen LogP contribution in [-0.2, 0) is 4.74 Å². The number of esters is 1. The van der Waals surface area contributed by atoms with E-state index >= 15 is 0 Å². The van der Waals surface area contributed by atoms with E-state index < -0.39 is 11.8 Å². The third-order valence-corrected chi connectivity index (χ3v) is 2.93. The van der Waals surface area contributed by atoms with Crippen LogP contribution in [0.15, 0.2) is 28.7 Å². The summed E-state index contributed by atoms with van der Waals surface area (Å²) in [5.41, 5.74) is 0.550. The van der Waals surface area contributed by atoms with E-state index in [2.05, 4.69) is 30.6 Å². The van der Waals surface area contributed by atoms with Crippen molar-refractivity contribution in [3.05, 3.63) is 46.1 Å². The Morgan fingerprint density at radius 2 is 2.05 bits per heavy atom. The van der Waals surface area contributed by atoms with Crippen LogP contribution in [0.4, 0.5) is 4.39 Å². The lowest BCUT2D eigenvalue weighted by molar-refractivity contribution is 0.0585. The van der Waals surface area contributed by atoms with Gasteiger partial charge in [0, 0.05) is 11.8 Å². The summed E-state index contributed by atoms with van der Waals surface area (Å²) < 4.78 is 23.5. The molecule has 0 unspecified atom stereocenters. The number of ether oxygens (including phenoxy) is 2. The van der Waals surface area contributed by atoms with E-state index in [1.54, 1.807) is 13.0 Å². The first kappa shape index (κ1) is 14.4. The number of hydrogen-bond donors (Lipinski definition) is 0. The quantitative estimate of drug-likeness (QED) is 0.802. The van der Waals surface area contributed by atoms with E-state index in [-0.39, 0.29) is 11.7 Å². The lowest BCUT2D eigenvalue weighted by Crippen LogP contribution is -2.09. The second kappa shape index (κ2) is 5.96. The van der Waals surface area contributed by atoms with Gasteiger partial charge in [-0.3, -0.25) is 0 Å². The molecule has 1 aromatic heterocycles. The first-order valence-corrected chi connectivity index (χ1v) is 6.36. The Morgan fingerprint density at radius 1 is 1.30 bits per heavy atom. The molecule has 0 saturated heterocycles. The summed E-state index contributed by atoms with van der Waals surface area (Å²) in [6, 6.07) is 5.54. The maximum atomic E-state index is 13.0. The van der Waals surface area contributed by atoms with Crippen LogP contribution >= 0.6 is 15.9 Å². The standard InChI is InChI=1S/C13H10BrFN2O3/c1-7-5-11(17-12(16-7)13(18)19-2)20-10-4-3-8(15)6-9(10)14/h3-6H,1-2H3. The van der Waals surface area contributed by atoms with E-state index in [1.807, 2.05) is 0 Å². The molecule has 0 amide bonds. The molecule has 104 valence electrons. The molecule has 20 heavy (non-hydrogen) atoms. The van der Waals surface area contributed by atoms with Gasteiger partial charge in [-0.05, 0) is 41.1 Å². The van der Waals surface area contributed by atoms with Gasteiger partial charge in [-0.15, -0.1) is 0 Å². The summed E-state index contributed by atoms with van der Waals surface area (Å²) >= 11 is 3.18. The van der Waals surface area contributed by atoms with Gasteiger partial charge in [-0.2, -0.15) is 4.98 Å². The van der Waals surface area contributed by atoms with Gasteiger partial charge in [0.1, 0.15) is 11.6 Å². The predicted octanol–water partition coefficient (Wildman–Crippen LogP) is 3.27. The summed E-state index contributed by atoms with van der Waals surface area (Å²) in [5, 5.41) is 0. The van der Waals surface area contributed by atoms with Crippen LogP contribution in [-0.4, -0.2) is 23.0 Å². The number of aryl methyl sites for hydroxylation is 1. The van der Waals surface area contributed by atoms with Crippen LogP contribution in [0.5, 0.6) is 11.6 Å². The Balaban J connectivity index is 2.33.